The molecule has 1 atom stereocenters. The fourth-order valence-electron chi connectivity index (χ4n) is 2.51. The van der Waals surface area contributed by atoms with Crippen LogP contribution in [0.3, 0.4) is 0 Å². The van der Waals surface area contributed by atoms with Crippen molar-refractivity contribution in [2.75, 3.05) is 32.7 Å². The van der Waals surface area contributed by atoms with Gasteiger partial charge in [-0.1, -0.05) is 6.07 Å². The highest BCUT2D eigenvalue weighted by molar-refractivity contribution is 5.95. The highest BCUT2D eigenvalue weighted by Gasteiger charge is 2.24. The number of nitrogens with two attached hydrogens (primary N) is 1. The molecule has 2 heterocycles. The molecule has 1 aliphatic heterocycles. The molecule has 2 aromatic rings. The molecule has 0 saturated carbocycles. The van der Waals surface area contributed by atoms with Gasteiger partial charge in [0.15, 0.2) is 5.82 Å². The second-order valence-electron chi connectivity index (χ2n) is 4.53. The SMILES string of the molecule is COc1c(C2COCCO2)ccc2c1c(N)nn2C. The summed E-state index contributed by atoms with van der Waals surface area (Å²) in [5, 5.41) is 5.06. The molecular weight excluding hydrogens is 246 g/mol. The zero-order chi connectivity index (χ0) is 13.4. The Labute approximate surface area is 111 Å². The minimum absolute atomic E-state index is 0.118. The normalized spacial score (nSPS) is 19.8. The Morgan fingerprint density at radius 1 is 1.42 bits per heavy atom. The molecule has 1 aliphatic rings. The highest BCUT2D eigenvalue weighted by atomic mass is 16.6. The summed E-state index contributed by atoms with van der Waals surface area (Å²) in [6, 6.07) is 3.97. The lowest BCUT2D eigenvalue weighted by Crippen LogP contribution is -2.22. The predicted octanol–water partition coefficient (Wildman–Crippen LogP) is 1.25. The molecular formula is C13H17N3O3. The van der Waals surface area contributed by atoms with Crippen molar-refractivity contribution in [1.82, 2.24) is 9.78 Å². The summed E-state index contributed by atoms with van der Waals surface area (Å²) < 4.78 is 18.5. The van der Waals surface area contributed by atoms with E-state index in [-0.39, 0.29) is 6.10 Å². The third-order valence-electron chi connectivity index (χ3n) is 3.40. The van der Waals surface area contributed by atoms with Gasteiger partial charge in [0.05, 0.1) is 37.8 Å². The number of aromatic nitrogens is 2. The summed E-state index contributed by atoms with van der Waals surface area (Å²) in [7, 11) is 3.49. The smallest absolute Gasteiger partial charge is 0.157 e. The number of anilines is 1. The topological polar surface area (TPSA) is 71.5 Å². The third-order valence-corrected chi connectivity index (χ3v) is 3.40. The van der Waals surface area contributed by atoms with Gasteiger partial charge in [0.25, 0.3) is 0 Å². The van der Waals surface area contributed by atoms with Crippen molar-refractivity contribution in [2.24, 2.45) is 7.05 Å². The van der Waals surface area contributed by atoms with E-state index in [1.54, 1.807) is 11.8 Å². The van der Waals surface area contributed by atoms with Crippen LogP contribution in [-0.2, 0) is 16.5 Å². The minimum Gasteiger partial charge on any atom is -0.496 e. The van der Waals surface area contributed by atoms with Crippen LogP contribution in [-0.4, -0.2) is 36.7 Å². The summed E-state index contributed by atoms with van der Waals surface area (Å²) in [6.45, 7) is 1.76. The predicted molar refractivity (Wildman–Crippen MR) is 71.2 cm³/mol. The van der Waals surface area contributed by atoms with Crippen LogP contribution < -0.4 is 10.5 Å². The Kier molecular flexibility index (Phi) is 3.04. The summed E-state index contributed by atoms with van der Waals surface area (Å²) in [6.07, 6.45) is -0.118. The van der Waals surface area contributed by atoms with Crippen molar-refractivity contribution in [3.05, 3.63) is 17.7 Å². The molecule has 0 spiro atoms. The van der Waals surface area contributed by atoms with Gasteiger partial charge in [-0.05, 0) is 6.07 Å². The van der Waals surface area contributed by atoms with Crippen LogP contribution in [0, 0.1) is 0 Å². The maximum Gasteiger partial charge on any atom is 0.157 e. The van der Waals surface area contributed by atoms with Gasteiger partial charge in [0.2, 0.25) is 0 Å². The van der Waals surface area contributed by atoms with Gasteiger partial charge >= 0.3 is 0 Å². The minimum atomic E-state index is -0.118. The largest absolute Gasteiger partial charge is 0.496 e. The van der Waals surface area contributed by atoms with Crippen molar-refractivity contribution in [1.29, 1.82) is 0 Å². The van der Waals surface area contributed by atoms with Crippen LogP contribution in [0.2, 0.25) is 0 Å². The number of nitrogen functional groups attached to an aromatic ring is 1. The van der Waals surface area contributed by atoms with E-state index in [2.05, 4.69) is 5.10 Å². The monoisotopic (exact) mass is 263 g/mol. The molecule has 0 radical (unpaired) electrons. The van der Waals surface area contributed by atoms with Gasteiger partial charge in [-0.2, -0.15) is 5.10 Å². The van der Waals surface area contributed by atoms with Crippen LogP contribution in [0.1, 0.15) is 11.7 Å². The Morgan fingerprint density at radius 2 is 2.26 bits per heavy atom. The van der Waals surface area contributed by atoms with Crippen LogP contribution in [0.4, 0.5) is 5.82 Å². The highest BCUT2D eigenvalue weighted by Crippen LogP contribution is 2.38. The lowest BCUT2D eigenvalue weighted by molar-refractivity contribution is -0.0907. The number of hydrogen-bond acceptors (Lipinski definition) is 5. The summed E-state index contributed by atoms with van der Waals surface area (Å²) in [5.41, 5.74) is 7.86. The van der Waals surface area contributed by atoms with E-state index in [0.717, 1.165) is 22.2 Å². The Morgan fingerprint density at radius 3 is 2.95 bits per heavy atom. The van der Waals surface area contributed by atoms with Crippen molar-refractivity contribution >= 4 is 16.7 Å². The standard InChI is InChI=1S/C13H17N3O3/c1-16-9-4-3-8(10-7-18-5-6-19-10)12(17-2)11(9)13(14)15-16/h3-4,10H,5-7H2,1-2H3,(H2,14,15). The molecule has 3 rings (SSSR count). The maximum atomic E-state index is 5.97. The third kappa shape index (κ3) is 1.93. The number of rotatable bonds is 2. The van der Waals surface area contributed by atoms with Gasteiger partial charge in [-0.3, -0.25) is 4.68 Å². The number of nitrogens with zero attached hydrogens (tertiary/aromatic N) is 2. The molecule has 0 bridgehead atoms. The van der Waals surface area contributed by atoms with Crippen LogP contribution >= 0.6 is 0 Å². The van der Waals surface area contributed by atoms with Gasteiger partial charge in [0.1, 0.15) is 11.9 Å². The molecule has 0 aliphatic carbocycles. The van der Waals surface area contributed by atoms with Crippen molar-refractivity contribution < 1.29 is 14.2 Å². The summed E-state index contributed by atoms with van der Waals surface area (Å²) in [4.78, 5) is 0. The first kappa shape index (κ1) is 12.3. The Hall–Kier alpha value is -1.79. The first-order valence-corrected chi connectivity index (χ1v) is 6.20. The van der Waals surface area contributed by atoms with Crippen LogP contribution in [0.25, 0.3) is 10.9 Å². The van der Waals surface area contributed by atoms with E-state index in [1.807, 2.05) is 19.2 Å². The molecule has 1 fully saturated rings. The zero-order valence-electron chi connectivity index (χ0n) is 11.0. The van der Waals surface area contributed by atoms with E-state index in [0.29, 0.717) is 25.6 Å². The quantitative estimate of drug-likeness (QED) is 0.883. The fraction of sp³-hybridized carbons (Fsp3) is 0.462. The average Bonchev–Trinajstić information content (AvgIpc) is 2.74. The van der Waals surface area contributed by atoms with E-state index in [4.69, 9.17) is 19.9 Å². The van der Waals surface area contributed by atoms with Crippen molar-refractivity contribution in [3.63, 3.8) is 0 Å². The van der Waals surface area contributed by atoms with Crippen LogP contribution in [0.15, 0.2) is 12.1 Å². The Bertz CT molecular complexity index is 603. The lowest BCUT2D eigenvalue weighted by atomic mass is 10.0. The molecule has 0 amide bonds. The van der Waals surface area contributed by atoms with Gasteiger partial charge in [-0.25, -0.2) is 0 Å². The molecule has 102 valence electrons. The second-order valence-corrected chi connectivity index (χ2v) is 4.53. The molecule has 6 nitrogen and oxygen atoms in total. The number of ether oxygens (including phenoxy) is 3. The number of hydrogen-bond donors (Lipinski definition) is 1. The number of methoxy groups -OCH3 is 1. The molecule has 1 aromatic heterocycles. The van der Waals surface area contributed by atoms with Gasteiger partial charge in [0, 0.05) is 12.6 Å². The number of benzene rings is 1. The van der Waals surface area contributed by atoms with Crippen molar-refractivity contribution in [3.8, 4) is 5.75 Å². The second kappa shape index (κ2) is 4.71. The molecule has 1 unspecified atom stereocenters. The first-order valence-electron chi connectivity index (χ1n) is 6.20. The van der Waals surface area contributed by atoms with Gasteiger partial charge < -0.3 is 19.9 Å². The lowest BCUT2D eigenvalue weighted by Gasteiger charge is -2.25. The zero-order valence-corrected chi connectivity index (χ0v) is 11.0. The number of fused-ring (bicyclic) bond motifs is 1. The van der Waals surface area contributed by atoms with Crippen molar-refractivity contribution in [2.45, 2.75) is 6.10 Å². The molecule has 6 heteroatoms. The molecule has 1 aromatic carbocycles. The summed E-state index contributed by atoms with van der Waals surface area (Å²) >= 11 is 0. The summed E-state index contributed by atoms with van der Waals surface area (Å²) in [5.74, 6) is 1.19. The molecule has 1 saturated heterocycles. The fourth-order valence-corrected chi connectivity index (χ4v) is 2.51. The molecule has 2 N–H and O–H groups in total. The van der Waals surface area contributed by atoms with Gasteiger partial charge in [-0.15, -0.1) is 0 Å². The van der Waals surface area contributed by atoms with E-state index in [1.165, 1.54) is 0 Å². The first-order chi connectivity index (χ1) is 9.22. The average molecular weight is 263 g/mol. The van der Waals surface area contributed by atoms with E-state index >= 15 is 0 Å². The molecule has 19 heavy (non-hydrogen) atoms. The number of aryl methyl sites for hydroxylation is 1. The Balaban J connectivity index is 2.16. The van der Waals surface area contributed by atoms with E-state index < -0.39 is 0 Å². The van der Waals surface area contributed by atoms with E-state index in [9.17, 15) is 0 Å². The van der Waals surface area contributed by atoms with Crippen LogP contribution in [0.5, 0.6) is 5.75 Å². The maximum absolute atomic E-state index is 5.97.